The third kappa shape index (κ3) is 2.08. The number of halogens is 4. The molecule has 1 aromatic heterocycles. The average molecular weight is 272 g/mol. The summed E-state index contributed by atoms with van der Waals surface area (Å²) in [7, 11) is 0. The first kappa shape index (κ1) is 10.7. The molecule has 0 aliphatic heterocycles. The molecule has 0 fully saturated rings. The van der Waals surface area contributed by atoms with Gasteiger partial charge in [0.1, 0.15) is 5.02 Å². The summed E-state index contributed by atoms with van der Waals surface area (Å²) in [5.41, 5.74) is -0.664. The fourth-order valence-electron chi connectivity index (χ4n) is 0.888. The van der Waals surface area contributed by atoms with Gasteiger partial charge in [0.15, 0.2) is 0 Å². The van der Waals surface area contributed by atoms with Crippen LogP contribution in [0.2, 0.25) is 5.02 Å². The van der Waals surface area contributed by atoms with Crippen molar-refractivity contribution >= 4 is 27.5 Å². The molecule has 0 radical (unpaired) electrons. The molecule has 1 aromatic rings. The summed E-state index contributed by atoms with van der Waals surface area (Å²) in [4.78, 5) is 13.1. The number of alkyl halides is 3. The van der Waals surface area contributed by atoms with Gasteiger partial charge in [-0.25, -0.2) is 8.78 Å². The van der Waals surface area contributed by atoms with E-state index in [1.165, 1.54) is 0 Å². The molecule has 0 aliphatic carbocycles. The highest BCUT2D eigenvalue weighted by Crippen LogP contribution is 2.26. The first-order valence-corrected chi connectivity index (χ1v) is 4.82. The Balaban J connectivity index is 3.38. The lowest BCUT2D eigenvalue weighted by atomic mass is 10.2. The Bertz CT molecular complexity index is 366. The summed E-state index contributed by atoms with van der Waals surface area (Å²) in [6, 6.07) is 0. The van der Waals surface area contributed by atoms with E-state index < -0.39 is 12.0 Å². The molecule has 0 spiro atoms. The van der Waals surface area contributed by atoms with Gasteiger partial charge in [-0.15, -0.1) is 0 Å². The minimum absolute atomic E-state index is 0.134. The van der Waals surface area contributed by atoms with Crippen molar-refractivity contribution in [2.75, 3.05) is 0 Å². The van der Waals surface area contributed by atoms with Gasteiger partial charge in [0.2, 0.25) is 0 Å². The van der Waals surface area contributed by atoms with Crippen molar-refractivity contribution in [1.29, 1.82) is 0 Å². The van der Waals surface area contributed by atoms with Crippen LogP contribution in [0.15, 0.2) is 11.0 Å². The molecule has 0 saturated carbocycles. The fraction of sp³-hybridized carbons (Fsp3) is 0.286. The number of pyridine rings is 1. The van der Waals surface area contributed by atoms with Crippen LogP contribution in [-0.4, -0.2) is 4.98 Å². The molecule has 0 amide bonds. The van der Waals surface area contributed by atoms with Gasteiger partial charge in [-0.1, -0.05) is 27.5 Å². The standard InChI is InChI=1S/C7H5BrClF2NO/c8-1-3-4(6(10)11)2-12-7(13)5(3)9/h2,6H,1H2,(H,12,13). The normalized spacial score (nSPS) is 10.8. The Morgan fingerprint density at radius 3 is 2.69 bits per heavy atom. The number of aromatic amines is 1. The summed E-state index contributed by atoms with van der Waals surface area (Å²) < 4.78 is 24.6. The summed E-state index contributed by atoms with van der Waals surface area (Å²) in [5.74, 6) is 0. The molecule has 0 aliphatic rings. The highest BCUT2D eigenvalue weighted by atomic mass is 79.9. The molecule has 1 N–H and O–H groups in total. The van der Waals surface area contributed by atoms with Crippen molar-refractivity contribution < 1.29 is 8.78 Å². The number of hydrogen-bond acceptors (Lipinski definition) is 1. The van der Waals surface area contributed by atoms with Crippen LogP contribution >= 0.6 is 27.5 Å². The summed E-state index contributed by atoms with van der Waals surface area (Å²) in [6.07, 6.45) is -1.66. The molecule has 13 heavy (non-hydrogen) atoms. The van der Waals surface area contributed by atoms with Crippen molar-refractivity contribution in [3.8, 4) is 0 Å². The third-order valence-electron chi connectivity index (χ3n) is 1.54. The van der Waals surface area contributed by atoms with Gasteiger partial charge in [0.05, 0.1) is 0 Å². The number of hydrogen-bond donors (Lipinski definition) is 1. The maximum atomic E-state index is 12.3. The second-order valence-corrected chi connectivity index (χ2v) is 3.24. The molecule has 0 bridgehead atoms. The summed E-state index contributed by atoms with van der Waals surface area (Å²) in [6.45, 7) is 0. The van der Waals surface area contributed by atoms with Crippen molar-refractivity contribution in [1.82, 2.24) is 4.98 Å². The van der Waals surface area contributed by atoms with E-state index >= 15 is 0 Å². The van der Waals surface area contributed by atoms with E-state index in [9.17, 15) is 13.6 Å². The van der Waals surface area contributed by atoms with Crippen LogP contribution in [0.4, 0.5) is 8.78 Å². The maximum Gasteiger partial charge on any atom is 0.267 e. The zero-order valence-corrected chi connectivity index (χ0v) is 8.62. The molecule has 1 heterocycles. The van der Waals surface area contributed by atoms with Crippen molar-refractivity contribution in [3.63, 3.8) is 0 Å². The number of aromatic nitrogens is 1. The largest absolute Gasteiger partial charge is 0.327 e. The monoisotopic (exact) mass is 271 g/mol. The van der Waals surface area contributed by atoms with Gasteiger partial charge in [0.25, 0.3) is 12.0 Å². The third-order valence-corrected chi connectivity index (χ3v) is 2.50. The lowest BCUT2D eigenvalue weighted by molar-refractivity contribution is 0.150. The average Bonchev–Trinajstić information content (AvgIpc) is 2.09. The van der Waals surface area contributed by atoms with Crippen LogP contribution in [-0.2, 0) is 5.33 Å². The topological polar surface area (TPSA) is 32.9 Å². The summed E-state index contributed by atoms with van der Waals surface area (Å²) in [5, 5.41) is -0.0511. The van der Waals surface area contributed by atoms with Gasteiger partial charge in [0, 0.05) is 17.1 Å². The molecule has 72 valence electrons. The van der Waals surface area contributed by atoms with Crippen LogP contribution in [0.3, 0.4) is 0 Å². The van der Waals surface area contributed by atoms with Crippen molar-refractivity contribution in [2.45, 2.75) is 11.8 Å². The minimum atomic E-state index is -2.64. The summed E-state index contributed by atoms with van der Waals surface area (Å²) >= 11 is 8.53. The molecular weight excluding hydrogens is 267 g/mol. The Kier molecular flexibility index (Phi) is 3.44. The van der Waals surface area contributed by atoms with Gasteiger partial charge in [-0.05, 0) is 5.56 Å². The lowest BCUT2D eigenvalue weighted by Crippen LogP contribution is -2.10. The van der Waals surface area contributed by atoms with Crippen LogP contribution < -0.4 is 5.56 Å². The highest BCUT2D eigenvalue weighted by Gasteiger charge is 2.16. The zero-order valence-electron chi connectivity index (χ0n) is 6.28. The van der Waals surface area contributed by atoms with E-state index in [0.29, 0.717) is 0 Å². The van der Waals surface area contributed by atoms with Gasteiger partial charge in [-0.3, -0.25) is 4.79 Å². The fourth-order valence-corrected chi connectivity index (χ4v) is 1.88. The van der Waals surface area contributed by atoms with E-state index in [1.807, 2.05) is 0 Å². The van der Waals surface area contributed by atoms with Gasteiger partial charge < -0.3 is 4.98 Å². The SMILES string of the molecule is O=c1[nH]cc(C(F)F)c(CBr)c1Cl. The molecule has 0 aromatic carbocycles. The Hall–Kier alpha value is -0.420. The molecule has 1 rings (SSSR count). The molecule has 0 unspecified atom stereocenters. The smallest absolute Gasteiger partial charge is 0.267 e. The van der Waals surface area contributed by atoms with E-state index in [-0.39, 0.29) is 21.5 Å². The van der Waals surface area contributed by atoms with Crippen LogP contribution in [0.1, 0.15) is 17.6 Å². The highest BCUT2D eigenvalue weighted by molar-refractivity contribution is 9.08. The predicted molar refractivity (Wildman–Crippen MR) is 49.7 cm³/mol. The van der Waals surface area contributed by atoms with E-state index in [0.717, 1.165) is 6.20 Å². The maximum absolute atomic E-state index is 12.3. The Labute approximate surface area is 86.0 Å². The van der Waals surface area contributed by atoms with Crippen LogP contribution in [0.25, 0.3) is 0 Å². The van der Waals surface area contributed by atoms with Crippen LogP contribution in [0.5, 0.6) is 0 Å². The number of nitrogens with one attached hydrogen (secondary N) is 1. The Morgan fingerprint density at radius 1 is 1.62 bits per heavy atom. The van der Waals surface area contributed by atoms with E-state index in [4.69, 9.17) is 11.6 Å². The van der Waals surface area contributed by atoms with Crippen molar-refractivity contribution in [3.05, 3.63) is 32.7 Å². The van der Waals surface area contributed by atoms with Crippen LogP contribution in [0, 0.1) is 0 Å². The quantitative estimate of drug-likeness (QED) is 0.825. The zero-order chi connectivity index (χ0) is 10.0. The molecular formula is C7H5BrClF2NO. The lowest BCUT2D eigenvalue weighted by Gasteiger charge is -2.06. The van der Waals surface area contributed by atoms with E-state index in [1.54, 1.807) is 0 Å². The first-order chi connectivity index (χ1) is 6.07. The molecule has 0 saturated heterocycles. The second-order valence-electron chi connectivity index (χ2n) is 2.30. The predicted octanol–water partition coefficient (Wildman–Crippen LogP) is 2.86. The molecule has 6 heteroatoms. The van der Waals surface area contributed by atoms with Crippen molar-refractivity contribution in [2.24, 2.45) is 0 Å². The Morgan fingerprint density at radius 2 is 2.23 bits per heavy atom. The minimum Gasteiger partial charge on any atom is -0.327 e. The molecule has 0 atom stereocenters. The number of rotatable bonds is 2. The van der Waals surface area contributed by atoms with Gasteiger partial charge >= 0.3 is 0 Å². The first-order valence-electron chi connectivity index (χ1n) is 3.32. The van der Waals surface area contributed by atoms with Gasteiger partial charge in [-0.2, -0.15) is 0 Å². The van der Waals surface area contributed by atoms with E-state index in [2.05, 4.69) is 20.9 Å². The second kappa shape index (κ2) is 4.19. The molecule has 2 nitrogen and oxygen atoms in total. The number of H-pyrrole nitrogens is 1.